The molecule has 0 fully saturated rings. The van der Waals surface area contributed by atoms with E-state index in [0.29, 0.717) is 6.42 Å². The van der Waals surface area contributed by atoms with Crippen LogP contribution in [0.3, 0.4) is 0 Å². The van der Waals surface area contributed by atoms with Gasteiger partial charge in [0.2, 0.25) is 0 Å². The third kappa shape index (κ3) is 8.81. The lowest BCUT2D eigenvalue weighted by Crippen LogP contribution is -2.45. The van der Waals surface area contributed by atoms with Crippen LogP contribution in [0.25, 0.3) is 11.1 Å². The number of unbranched alkanes of at least 4 members (excludes halogenated alkanes) is 1. The zero-order chi connectivity index (χ0) is 27.8. The van der Waals surface area contributed by atoms with E-state index in [9.17, 15) is 9.59 Å². The molecule has 0 saturated carbocycles. The zero-order valence-corrected chi connectivity index (χ0v) is 23.4. The number of rotatable bonds is 11. The van der Waals surface area contributed by atoms with Crippen molar-refractivity contribution in [1.82, 2.24) is 10.6 Å². The number of alkyl carbamates (subject to hydrolysis) is 2. The molecule has 0 saturated heterocycles. The molecule has 0 bridgehead atoms. The zero-order valence-electron chi connectivity index (χ0n) is 23.4. The maximum Gasteiger partial charge on any atom is 0.410 e. The summed E-state index contributed by atoms with van der Waals surface area (Å²) in [6, 6.07) is 15.7. The van der Waals surface area contributed by atoms with E-state index in [1.54, 1.807) is 0 Å². The lowest BCUT2D eigenvalue weighted by Gasteiger charge is -2.29. The van der Waals surface area contributed by atoms with E-state index >= 15 is 0 Å². The van der Waals surface area contributed by atoms with Crippen molar-refractivity contribution < 1.29 is 19.1 Å². The predicted octanol–water partition coefficient (Wildman–Crippen LogP) is 7.89. The molecule has 0 aliphatic rings. The molecule has 2 rings (SSSR count). The number of hydrogen-bond acceptors (Lipinski definition) is 4. The Hall–Kier alpha value is -3.54. The van der Waals surface area contributed by atoms with E-state index in [-0.39, 0.29) is 0 Å². The molecule has 0 heterocycles. The monoisotopic (exact) mass is 506 g/mol. The van der Waals surface area contributed by atoms with Crippen molar-refractivity contribution in [3.8, 4) is 0 Å². The number of carbonyl (C=O) groups is 2. The van der Waals surface area contributed by atoms with Gasteiger partial charge in [0.25, 0.3) is 6.29 Å². The Morgan fingerprint density at radius 3 is 1.41 bits per heavy atom. The Bertz CT molecular complexity index is 1010. The standard InChI is InChI=1S/C31H42N2O4/c1-10-11-12-27(36-28(34)32-30(6,7)25-17-13-23(14-18-25)21(2)3)37-29(35)33-31(8,9)26-19-15-24(16-20-26)22(4)5/h13-20,27H,2,4,10-12H2,1,3,5-9H3,(H,32,34)(H,33,35). The summed E-state index contributed by atoms with van der Waals surface area (Å²) in [5.41, 5.74) is 4.46. The fourth-order valence-corrected chi connectivity index (χ4v) is 3.81. The normalized spacial score (nSPS) is 11.6. The second-order valence-electron chi connectivity index (χ2n) is 10.6. The Balaban J connectivity index is 2.04. The lowest BCUT2D eigenvalue weighted by atomic mass is 9.93. The average molecular weight is 507 g/mol. The van der Waals surface area contributed by atoms with Gasteiger partial charge in [-0.2, -0.15) is 0 Å². The van der Waals surface area contributed by atoms with Crippen LogP contribution in [0.2, 0.25) is 0 Å². The van der Waals surface area contributed by atoms with Crippen molar-refractivity contribution in [2.45, 2.75) is 85.1 Å². The average Bonchev–Trinajstić information content (AvgIpc) is 2.81. The molecule has 2 aromatic rings. The molecule has 0 aliphatic carbocycles. The van der Waals surface area contributed by atoms with Crippen LogP contribution >= 0.6 is 0 Å². The van der Waals surface area contributed by atoms with Crippen LogP contribution in [0.4, 0.5) is 9.59 Å². The van der Waals surface area contributed by atoms with E-state index in [2.05, 4.69) is 23.8 Å². The molecular weight excluding hydrogens is 464 g/mol. The summed E-state index contributed by atoms with van der Waals surface area (Å²) in [5.74, 6) is 0. The number of hydrogen-bond donors (Lipinski definition) is 2. The SMILES string of the molecule is C=C(C)c1ccc(C(C)(C)NC(=O)OC(CCCC)OC(=O)NC(C)(C)c2ccc(C(=C)C)cc2)cc1. The van der Waals surface area contributed by atoms with Gasteiger partial charge in [-0.1, -0.05) is 86.2 Å². The molecule has 200 valence electrons. The van der Waals surface area contributed by atoms with E-state index in [4.69, 9.17) is 9.47 Å². The Kier molecular flexibility index (Phi) is 10.1. The molecule has 2 N–H and O–H groups in total. The van der Waals surface area contributed by atoms with Crippen molar-refractivity contribution in [1.29, 1.82) is 0 Å². The summed E-state index contributed by atoms with van der Waals surface area (Å²) in [4.78, 5) is 25.6. The molecule has 2 aromatic carbocycles. The van der Waals surface area contributed by atoms with Gasteiger partial charge in [0.15, 0.2) is 0 Å². The van der Waals surface area contributed by atoms with Gasteiger partial charge in [-0.05, 0) is 70.2 Å². The topological polar surface area (TPSA) is 76.7 Å². The molecule has 0 atom stereocenters. The van der Waals surface area contributed by atoms with E-state index in [1.807, 2.05) is 97.0 Å². The molecular formula is C31H42N2O4. The third-order valence-corrected chi connectivity index (χ3v) is 6.30. The first-order valence-corrected chi connectivity index (χ1v) is 12.8. The first-order valence-electron chi connectivity index (χ1n) is 12.8. The minimum atomic E-state index is -1.01. The molecule has 2 amide bonds. The van der Waals surface area contributed by atoms with Gasteiger partial charge >= 0.3 is 12.2 Å². The summed E-state index contributed by atoms with van der Waals surface area (Å²) in [5, 5.41) is 5.77. The van der Waals surface area contributed by atoms with Crippen LogP contribution in [-0.4, -0.2) is 18.5 Å². The van der Waals surface area contributed by atoms with Gasteiger partial charge in [-0.15, -0.1) is 0 Å². The highest BCUT2D eigenvalue weighted by atomic mass is 16.7. The van der Waals surface area contributed by atoms with E-state index in [0.717, 1.165) is 46.2 Å². The minimum absolute atomic E-state index is 0.402. The third-order valence-electron chi connectivity index (χ3n) is 6.30. The number of amides is 2. The molecule has 0 aromatic heterocycles. The lowest BCUT2D eigenvalue weighted by molar-refractivity contribution is -0.0695. The highest BCUT2D eigenvalue weighted by Gasteiger charge is 2.29. The first kappa shape index (κ1) is 29.7. The second kappa shape index (κ2) is 12.6. The van der Waals surface area contributed by atoms with Crippen LogP contribution in [0, 0.1) is 0 Å². The first-order chi connectivity index (χ1) is 17.2. The van der Waals surface area contributed by atoms with Gasteiger partial charge in [-0.3, -0.25) is 0 Å². The number of carbonyl (C=O) groups excluding carboxylic acids is 2. The van der Waals surface area contributed by atoms with Crippen LogP contribution in [0.1, 0.15) is 90.0 Å². The van der Waals surface area contributed by atoms with Crippen LogP contribution in [0.5, 0.6) is 0 Å². The fourth-order valence-electron chi connectivity index (χ4n) is 3.81. The summed E-state index contributed by atoms with van der Waals surface area (Å²) < 4.78 is 11.1. The summed E-state index contributed by atoms with van der Waals surface area (Å²) in [6.45, 7) is 21.4. The van der Waals surface area contributed by atoms with Gasteiger partial charge in [0.05, 0.1) is 11.1 Å². The highest BCUT2D eigenvalue weighted by molar-refractivity contribution is 5.71. The fraction of sp³-hybridized carbons (Fsp3) is 0.419. The molecule has 37 heavy (non-hydrogen) atoms. The van der Waals surface area contributed by atoms with Crippen LogP contribution < -0.4 is 10.6 Å². The second-order valence-corrected chi connectivity index (χ2v) is 10.6. The van der Waals surface area contributed by atoms with Crippen molar-refractivity contribution in [2.24, 2.45) is 0 Å². The van der Waals surface area contributed by atoms with Crippen molar-refractivity contribution in [3.63, 3.8) is 0 Å². The largest absolute Gasteiger partial charge is 0.410 e. The number of allylic oxidation sites excluding steroid dienone is 2. The molecule has 6 nitrogen and oxygen atoms in total. The smallest absolute Gasteiger partial charge is 0.409 e. The Morgan fingerprint density at radius 2 is 1.11 bits per heavy atom. The summed E-state index contributed by atoms with van der Waals surface area (Å²) in [6.07, 6.45) is -0.312. The molecule has 0 unspecified atom stereocenters. The quantitative estimate of drug-likeness (QED) is 0.304. The Labute approximate surface area is 222 Å². The molecule has 0 aliphatic heterocycles. The van der Waals surface area contributed by atoms with E-state index in [1.165, 1.54) is 0 Å². The minimum Gasteiger partial charge on any atom is -0.409 e. The van der Waals surface area contributed by atoms with Crippen molar-refractivity contribution in [2.75, 3.05) is 0 Å². The Morgan fingerprint density at radius 1 is 0.757 bits per heavy atom. The van der Waals surface area contributed by atoms with E-state index < -0.39 is 29.6 Å². The summed E-state index contributed by atoms with van der Waals surface area (Å²) >= 11 is 0. The number of benzene rings is 2. The maximum absolute atomic E-state index is 12.8. The van der Waals surface area contributed by atoms with Crippen molar-refractivity contribution in [3.05, 3.63) is 83.9 Å². The van der Waals surface area contributed by atoms with Gasteiger partial charge < -0.3 is 20.1 Å². The van der Waals surface area contributed by atoms with Crippen LogP contribution in [-0.2, 0) is 20.6 Å². The maximum atomic E-state index is 12.8. The molecule has 6 heteroatoms. The molecule has 0 radical (unpaired) electrons. The highest BCUT2D eigenvalue weighted by Crippen LogP contribution is 2.24. The number of nitrogens with one attached hydrogen (secondary N) is 2. The van der Waals surface area contributed by atoms with Crippen LogP contribution in [0.15, 0.2) is 61.7 Å². The molecule has 0 spiro atoms. The van der Waals surface area contributed by atoms with Gasteiger partial charge in [0, 0.05) is 6.42 Å². The summed E-state index contributed by atoms with van der Waals surface area (Å²) in [7, 11) is 0. The van der Waals surface area contributed by atoms with Gasteiger partial charge in [-0.25, -0.2) is 9.59 Å². The predicted molar refractivity (Wildman–Crippen MR) is 151 cm³/mol. The van der Waals surface area contributed by atoms with Gasteiger partial charge in [0.1, 0.15) is 0 Å². The van der Waals surface area contributed by atoms with Crippen molar-refractivity contribution >= 4 is 23.3 Å². The number of ether oxygens (including phenoxy) is 2.